The molecule has 0 heterocycles. The lowest BCUT2D eigenvalue weighted by atomic mass is 10.3. The number of benzene rings is 2. The fourth-order valence-electron chi connectivity index (χ4n) is 1.88. The molecule has 24 heavy (non-hydrogen) atoms. The van der Waals surface area contributed by atoms with Crippen LogP contribution in [-0.4, -0.2) is 37.9 Å². The van der Waals surface area contributed by atoms with Crippen LogP contribution in [0.2, 0.25) is 10.0 Å². The average molecular weight is 391 g/mol. The number of hydrogen-bond acceptors (Lipinski definition) is 5. The molecule has 2 aromatic rings. The maximum Gasteiger partial charge on any atom is 0.261 e. The first-order chi connectivity index (χ1) is 11.3. The summed E-state index contributed by atoms with van der Waals surface area (Å²) >= 11 is 11.7. The lowest BCUT2D eigenvalue weighted by Gasteiger charge is -2.12. The van der Waals surface area contributed by atoms with Crippen LogP contribution in [0, 0.1) is 0 Å². The van der Waals surface area contributed by atoms with Crippen molar-refractivity contribution >= 4 is 44.6 Å². The van der Waals surface area contributed by atoms with Crippen LogP contribution in [0.3, 0.4) is 0 Å². The van der Waals surface area contributed by atoms with E-state index in [1.165, 1.54) is 30.3 Å². The number of aliphatic hydroxyl groups excluding tert-OH is 2. The van der Waals surface area contributed by atoms with Crippen molar-refractivity contribution in [3.8, 4) is 0 Å². The summed E-state index contributed by atoms with van der Waals surface area (Å²) in [6, 6.07) is 10.4. The highest BCUT2D eigenvalue weighted by Crippen LogP contribution is 2.25. The lowest BCUT2D eigenvalue weighted by Crippen LogP contribution is -2.22. The first-order valence-electron chi connectivity index (χ1n) is 6.92. The molecule has 0 saturated carbocycles. The van der Waals surface area contributed by atoms with Gasteiger partial charge in [-0.3, -0.25) is 4.72 Å². The molecule has 2 aromatic carbocycles. The topological polar surface area (TPSA) is 98.7 Å². The van der Waals surface area contributed by atoms with Gasteiger partial charge in [-0.05, 0) is 42.5 Å². The van der Waals surface area contributed by atoms with Crippen molar-refractivity contribution in [3.05, 3.63) is 52.5 Å². The van der Waals surface area contributed by atoms with Gasteiger partial charge < -0.3 is 15.5 Å². The number of halogens is 2. The van der Waals surface area contributed by atoms with Gasteiger partial charge >= 0.3 is 0 Å². The molecular formula is C15H16Cl2N2O4S. The van der Waals surface area contributed by atoms with E-state index in [4.69, 9.17) is 28.3 Å². The predicted octanol–water partition coefficient (Wildman–Crippen LogP) is 2.56. The van der Waals surface area contributed by atoms with Gasteiger partial charge in [0.05, 0.1) is 23.3 Å². The Kier molecular flexibility index (Phi) is 6.31. The van der Waals surface area contributed by atoms with Crippen molar-refractivity contribution in [3.63, 3.8) is 0 Å². The Balaban J connectivity index is 2.11. The minimum absolute atomic E-state index is 0.0619. The van der Waals surface area contributed by atoms with Gasteiger partial charge in [0.15, 0.2) is 0 Å². The fraction of sp³-hybridized carbons (Fsp3) is 0.200. The molecule has 0 aromatic heterocycles. The van der Waals surface area contributed by atoms with Crippen molar-refractivity contribution in [2.24, 2.45) is 0 Å². The smallest absolute Gasteiger partial charge is 0.261 e. The molecule has 6 nitrogen and oxygen atoms in total. The van der Waals surface area contributed by atoms with E-state index in [1.54, 1.807) is 12.1 Å². The number of hydrogen-bond donors (Lipinski definition) is 4. The molecule has 0 aliphatic rings. The van der Waals surface area contributed by atoms with E-state index in [9.17, 15) is 13.5 Å². The van der Waals surface area contributed by atoms with Gasteiger partial charge in [0.1, 0.15) is 0 Å². The standard InChI is InChI=1S/C15H16Cl2N2O4S/c16-10-5-11(17)7-13(6-10)19-24(22,23)15-3-1-12(2-4-15)18-8-14(21)9-20/h1-7,14,18-21H,8-9H2. The number of nitrogens with one attached hydrogen (secondary N) is 2. The number of rotatable bonds is 7. The predicted molar refractivity (Wildman–Crippen MR) is 95.3 cm³/mol. The molecule has 0 spiro atoms. The summed E-state index contributed by atoms with van der Waals surface area (Å²) in [5, 5.41) is 21.5. The van der Waals surface area contributed by atoms with E-state index in [-0.39, 0.29) is 23.7 Å². The summed E-state index contributed by atoms with van der Waals surface area (Å²) in [6.45, 7) is -0.201. The van der Waals surface area contributed by atoms with Gasteiger partial charge in [-0.2, -0.15) is 0 Å². The lowest BCUT2D eigenvalue weighted by molar-refractivity contribution is 0.105. The SMILES string of the molecule is O=S(=O)(Nc1cc(Cl)cc(Cl)c1)c1ccc(NCC(O)CO)cc1. The second kappa shape index (κ2) is 8.04. The molecule has 1 unspecified atom stereocenters. The van der Waals surface area contributed by atoms with E-state index >= 15 is 0 Å². The van der Waals surface area contributed by atoms with Crippen molar-refractivity contribution < 1.29 is 18.6 Å². The van der Waals surface area contributed by atoms with Gasteiger partial charge in [0, 0.05) is 22.3 Å². The Morgan fingerprint density at radius 3 is 2.12 bits per heavy atom. The molecule has 0 aliphatic carbocycles. The molecule has 0 fully saturated rings. The monoisotopic (exact) mass is 390 g/mol. The fourth-order valence-corrected chi connectivity index (χ4v) is 3.45. The Labute approximate surface area is 150 Å². The molecule has 0 bridgehead atoms. The first-order valence-corrected chi connectivity index (χ1v) is 9.16. The first kappa shape index (κ1) is 18.8. The summed E-state index contributed by atoms with van der Waals surface area (Å²) in [4.78, 5) is 0.0619. The van der Waals surface area contributed by atoms with Crippen molar-refractivity contribution in [2.45, 2.75) is 11.0 Å². The van der Waals surface area contributed by atoms with Crippen LogP contribution in [-0.2, 0) is 10.0 Å². The van der Waals surface area contributed by atoms with Crippen LogP contribution >= 0.6 is 23.2 Å². The molecule has 4 N–H and O–H groups in total. The van der Waals surface area contributed by atoms with Crippen LogP contribution in [0.5, 0.6) is 0 Å². The second-order valence-electron chi connectivity index (χ2n) is 5.01. The second-order valence-corrected chi connectivity index (χ2v) is 7.56. The zero-order valence-electron chi connectivity index (χ0n) is 12.4. The van der Waals surface area contributed by atoms with Crippen molar-refractivity contribution in [1.29, 1.82) is 0 Å². The Bertz CT molecular complexity index is 777. The summed E-state index contributed by atoms with van der Waals surface area (Å²) in [6.07, 6.45) is -0.886. The minimum atomic E-state index is -3.78. The van der Waals surface area contributed by atoms with Crippen LogP contribution in [0.4, 0.5) is 11.4 Å². The van der Waals surface area contributed by atoms with Gasteiger partial charge in [0.25, 0.3) is 10.0 Å². The summed E-state index contributed by atoms with van der Waals surface area (Å²) in [7, 11) is -3.78. The minimum Gasteiger partial charge on any atom is -0.394 e. The number of aliphatic hydroxyl groups is 2. The highest BCUT2D eigenvalue weighted by molar-refractivity contribution is 7.92. The number of sulfonamides is 1. The Morgan fingerprint density at radius 2 is 1.58 bits per heavy atom. The third kappa shape index (κ3) is 5.25. The van der Waals surface area contributed by atoms with E-state index in [0.29, 0.717) is 15.7 Å². The van der Waals surface area contributed by atoms with Crippen LogP contribution in [0.1, 0.15) is 0 Å². The van der Waals surface area contributed by atoms with Crippen molar-refractivity contribution in [2.75, 3.05) is 23.2 Å². The molecule has 0 amide bonds. The molecule has 130 valence electrons. The van der Waals surface area contributed by atoms with Crippen LogP contribution < -0.4 is 10.0 Å². The zero-order valence-corrected chi connectivity index (χ0v) is 14.7. The molecule has 0 saturated heterocycles. The maximum atomic E-state index is 12.4. The third-order valence-corrected chi connectivity index (χ3v) is 4.87. The quantitative estimate of drug-likeness (QED) is 0.582. The Morgan fingerprint density at radius 1 is 1.00 bits per heavy atom. The average Bonchev–Trinajstić information content (AvgIpc) is 2.51. The summed E-state index contributed by atoms with van der Waals surface area (Å²) in [5.74, 6) is 0. The van der Waals surface area contributed by atoms with E-state index < -0.39 is 16.1 Å². The molecule has 0 radical (unpaired) electrons. The zero-order chi connectivity index (χ0) is 17.7. The normalized spacial score (nSPS) is 12.7. The van der Waals surface area contributed by atoms with Crippen LogP contribution in [0.15, 0.2) is 47.4 Å². The summed E-state index contributed by atoms with van der Waals surface area (Å²) in [5.41, 5.74) is 0.882. The maximum absolute atomic E-state index is 12.4. The van der Waals surface area contributed by atoms with Gasteiger partial charge in [-0.1, -0.05) is 23.2 Å². The van der Waals surface area contributed by atoms with Gasteiger partial charge in [0.2, 0.25) is 0 Å². The third-order valence-electron chi connectivity index (χ3n) is 3.03. The number of anilines is 2. The molecule has 9 heteroatoms. The van der Waals surface area contributed by atoms with E-state index in [0.717, 1.165) is 0 Å². The highest BCUT2D eigenvalue weighted by Gasteiger charge is 2.15. The highest BCUT2D eigenvalue weighted by atomic mass is 35.5. The Hall–Kier alpha value is -1.51. The van der Waals surface area contributed by atoms with Crippen molar-refractivity contribution in [1.82, 2.24) is 0 Å². The molecule has 0 aliphatic heterocycles. The van der Waals surface area contributed by atoms with Crippen LogP contribution in [0.25, 0.3) is 0 Å². The van der Waals surface area contributed by atoms with E-state index in [1.807, 2.05) is 0 Å². The largest absolute Gasteiger partial charge is 0.394 e. The van der Waals surface area contributed by atoms with Gasteiger partial charge in [-0.25, -0.2) is 8.42 Å². The molecule has 2 rings (SSSR count). The summed E-state index contributed by atoms with van der Waals surface area (Å²) < 4.78 is 27.1. The molecule has 1 atom stereocenters. The van der Waals surface area contributed by atoms with E-state index in [2.05, 4.69) is 10.0 Å². The van der Waals surface area contributed by atoms with Gasteiger partial charge in [-0.15, -0.1) is 0 Å². The molecular weight excluding hydrogens is 375 g/mol.